The van der Waals surface area contributed by atoms with E-state index in [1.807, 2.05) is 0 Å². The maximum absolute atomic E-state index is 11.8. The second-order valence-corrected chi connectivity index (χ2v) is 4.24. The van der Waals surface area contributed by atoms with E-state index in [-0.39, 0.29) is 11.6 Å². The van der Waals surface area contributed by atoms with Crippen LogP contribution in [0.2, 0.25) is 0 Å². The average molecular weight is 271 g/mol. The van der Waals surface area contributed by atoms with Crippen LogP contribution in [0.15, 0.2) is 18.2 Å². The van der Waals surface area contributed by atoms with E-state index in [9.17, 15) is 14.9 Å². The predicted octanol–water partition coefficient (Wildman–Crippen LogP) is 2.65. The molecule has 1 aromatic rings. The van der Waals surface area contributed by atoms with Gasteiger partial charge in [-0.2, -0.15) is 0 Å². The minimum absolute atomic E-state index is 0.0385. The van der Waals surface area contributed by atoms with Crippen molar-refractivity contribution in [1.29, 1.82) is 0 Å². The number of hydrogen-bond acceptors (Lipinski definition) is 3. The summed E-state index contributed by atoms with van der Waals surface area (Å²) in [6.45, 7) is 2.10. The molecule has 1 amide bonds. The molecule has 0 heterocycles. The maximum atomic E-state index is 11.8. The lowest BCUT2D eigenvalue weighted by Gasteiger charge is -2.07. The number of nitrogens with zero attached hydrogens (tertiary/aromatic N) is 1. The molecule has 1 rings (SSSR count). The lowest BCUT2D eigenvalue weighted by Crippen LogP contribution is -2.25. The third-order valence-electron chi connectivity index (χ3n) is 2.59. The number of nitrogens with one attached hydrogen (secondary N) is 1. The normalized spacial score (nSPS) is 10.1. The van der Waals surface area contributed by atoms with Gasteiger partial charge in [-0.15, -0.1) is 11.6 Å². The van der Waals surface area contributed by atoms with Gasteiger partial charge in [-0.05, 0) is 25.8 Å². The highest BCUT2D eigenvalue weighted by atomic mass is 35.5. The van der Waals surface area contributed by atoms with Crippen LogP contribution in [0.1, 0.15) is 28.8 Å². The number of amides is 1. The standard InChI is InChI=1S/C12H15ClN2O3/c1-9-10(5-4-6-11(9)15(17)18)12(16)14-8-3-2-7-13/h4-6H,2-3,7-8H2,1H3,(H,14,16). The van der Waals surface area contributed by atoms with Crippen LogP contribution >= 0.6 is 11.6 Å². The van der Waals surface area contributed by atoms with Crippen LogP contribution in [0.3, 0.4) is 0 Å². The quantitative estimate of drug-likeness (QED) is 0.374. The molecule has 0 atom stereocenters. The predicted molar refractivity (Wildman–Crippen MR) is 70.1 cm³/mol. The molecular formula is C12H15ClN2O3. The highest BCUT2D eigenvalue weighted by molar-refractivity contribution is 6.17. The zero-order valence-electron chi connectivity index (χ0n) is 10.1. The largest absolute Gasteiger partial charge is 0.352 e. The summed E-state index contributed by atoms with van der Waals surface area (Å²) in [7, 11) is 0. The van der Waals surface area contributed by atoms with Gasteiger partial charge in [-0.25, -0.2) is 0 Å². The van der Waals surface area contributed by atoms with Gasteiger partial charge in [-0.1, -0.05) is 6.07 Å². The van der Waals surface area contributed by atoms with Crippen LogP contribution in [-0.2, 0) is 0 Å². The molecule has 0 radical (unpaired) electrons. The molecule has 0 fully saturated rings. The molecule has 1 aromatic carbocycles. The Balaban J connectivity index is 2.74. The molecule has 0 aliphatic heterocycles. The molecule has 0 spiro atoms. The number of nitro groups is 1. The summed E-state index contributed by atoms with van der Waals surface area (Å²) in [5.41, 5.74) is 0.691. The number of alkyl halides is 1. The molecule has 1 N–H and O–H groups in total. The van der Waals surface area contributed by atoms with Crippen LogP contribution in [0.5, 0.6) is 0 Å². The van der Waals surface area contributed by atoms with Gasteiger partial charge in [0.15, 0.2) is 0 Å². The second-order valence-electron chi connectivity index (χ2n) is 3.86. The van der Waals surface area contributed by atoms with Crippen LogP contribution in [0.4, 0.5) is 5.69 Å². The van der Waals surface area contributed by atoms with Crippen molar-refractivity contribution in [2.24, 2.45) is 0 Å². The Hall–Kier alpha value is -1.62. The monoisotopic (exact) mass is 270 g/mol. The number of nitro benzene ring substituents is 1. The van der Waals surface area contributed by atoms with Crippen LogP contribution in [-0.4, -0.2) is 23.3 Å². The van der Waals surface area contributed by atoms with Crippen LogP contribution < -0.4 is 5.32 Å². The Bertz CT molecular complexity index is 449. The Labute approximate surface area is 110 Å². The number of carbonyl (C=O) groups is 1. The molecule has 0 saturated heterocycles. The average Bonchev–Trinajstić information content (AvgIpc) is 2.34. The number of unbranched alkanes of at least 4 members (excludes halogenated alkanes) is 1. The lowest BCUT2D eigenvalue weighted by atomic mass is 10.1. The van der Waals surface area contributed by atoms with Crippen molar-refractivity contribution in [3.05, 3.63) is 39.4 Å². The third-order valence-corrected chi connectivity index (χ3v) is 2.86. The number of hydrogen-bond donors (Lipinski definition) is 1. The smallest absolute Gasteiger partial charge is 0.273 e. The van der Waals surface area contributed by atoms with Gasteiger partial charge in [-0.3, -0.25) is 14.9 Å². The van der Waals surface area contributed by atoms with Crippen molar-refractivity contribution in [2.75, 3.05) is 12.4 Å². The zero-order valence-corrected chi connectivity index (χ0v) is 10.9. The number of halogens is 1. The molecule has 0 aliphatic carbocycles. The first-order valence-corrected chi connectivity index (χ1v) is 6.19. The Kier molecular flexibility index (Phi) is 5.58. The van der Waals surface area contributed by atoms with E-state index in [2.05, 4.69) is 5.32 Å². The molecule has 0 unspecified atom stereocenters. The summed E-state index contributed by atoms with van der Waals surface area (Å²) in [6.07, 6.45) is 1.62. The molecule has 0 saturated carbocycles. The molecule has 98 valence electrons. The molecule has 0 bridgehead atoms. The van der Waals surface area contributed by atoms with Gasteiger partial charge < -0.3 is 5.32 Å². The fourth-order valence-corrected chi connectivity index (χ4v) is 1.77. The van der Waals surface area contributed by atoms with Crippen molar-refractivity contribution >= 4 is 23.2 Å². The van der Waals surface area contributed by atoms with E-state index >= 15 is 0 Å². The van der Waals surface area contributed by atoms with E-state index in [0.29, 0.717) is 23.6 Å². The SMILES string of the molecule is Cc1c(C(=O)NCCCCCl)cccc1[N+](=O)[O-]. The van der Waals surface area contributed by atoms with E-state index < -0.39 is 4.92 Å². The second kappa shape index (κ2) is 6.96. The van der Waals surface area contributed by atoms with Gasteiger partial charge in [0.2, 0.25) is 0 Å². The first kappa shape index (κ1) is 14.4. The van der Waals surface area contributed by atoms with E-state index in [1.165, 1.54) is 12.1 Å². The Morgan fingerprint density at radius 2 is 2.17 bits per heavy atom. The summed E-state index contributed by atoms with van der Waals surface area (Å²) in [5, 5.41) is 13.5. The van der Waals surface area contributed by atoms with Crippen molar-refractivity contribution in [3.8, 4) is 0 Å². The zero-order chi connectivity index (χ0) is 13.5. The minimum Gasteiger partial charge on any atom is -0.352 e. The van der Waals surface area contributed by atoms with Gasteiger partial charge >= 0.3 is 0 Å². The first-order valence-electron chi connectivity index (χ1n) is 5.66. The van der Waals surface area contributed by atoms with E-state index in [4.69, 9.17) is 11.6 Å². The highest BCUT2D eigenvalue weighted by Gasteiger charge is 2.17. The van der Waals surface area contributed by atoms with Gasteiger partial charge in [0, 0.05) is 29.6 Å². The van der Waals surface area contributed by atoms with Crippen molar-refractivity contribution in [3.63, 3.8) is 0 Å². The fraction of sp³-hybridized carbons (Fsp3) is 0.417. The minimum atomic E-state index is -0.486. The molecular weight excluding hydrogens is 256 g/mol. The summed E-state index contributed by atoms with van der Waals surface area (Å²) in [6, 6.07) is 4.48. The van der Waals surface area contributed by atoms with E-state index in [1.54, 1.807) is 13.0 Å². The number of carbonyl (C=O) groups excluding carboxylic acids is 1. The summed E-state index contributed by atoms with van der Waals surface area (Å²) in [5.74, 6) is 0.275. The maximum Gasteiger partial charge on any atom is 0.273 e. The van der Waals surface area contributed by atoms with Crippen molar-refractivity contribution < 1.29 is 9.72 Å². The topological polar surface area (TPSA) is 72.2 Å². The molecule has 5 nitrogen and oxygen atoms in total. The molecule has 6 heteroatoms. The molecule has 0 aromatic heterocycles. The van der Waals surface area contributed by atoms with Crippen LogP contribution in [0.25, 0.3) is 0 Å². The van der Waals surface area contributed by atoms with Gasteiger partial charge in [0.05, 0.1) is 4.92 Å². The Morgan fingerprint density at radius 3 is 2.78 bits per heavy atom. The fourth-order valence-electron chi connectivity index (χ4n) is 1.58. The number of benzene rings is 1. The Morgan fingerprint density at radius 1 is 1.44 bits per heavy atom. The summed E-state index contributed by atoms with van der Waals surface area (Å²) < 4.78 is 0. The molecule has 18 heavy (non-hydrogen) atoms. The van der Waals surface area contributed by atoms with E-state index in [0.717, 1.165) is 12.8 Å². The lowest BCUT2D eigenvalue weighted by molar-refractivity contribution is -0.385. The van der Waals surface area contributed by atoms with Crippen LogP contribution in [0, 0.1) is 17.0 Å². The van der Waals surface area contributed by atoms with Crippen molar-refractivity contribution in [1.82, 2.24) is 5.32 Å². The summed E-state index contributed by atoms with van der Waals surface area (Å²) >= 11 is 5.53. The van der Waals surface area contributed by atoms with Gasteiger partial charge in [0.25, 0.3) is 11.6 Å². The summed E-state index contributed by atoms with van der Waals surface area (Å²) in [4.78, 5) is 22.1. The third kappa shape index (κ3) is 3.70. The first-order chi connectivity index (χ1) is 8.57. The number of rotatable bonds is 6. The van der Waals surface area contributed by atoms with Gasteiger partial charge in [0.1, 0.15) is 0 Å². The highest BCUT2D eigenvalue weighted by Crippen LogP contribution is 2.20. The van der Waals surface area contributed by atoms with Crippen molar-refractivity contribution in [2.45, 2.75) is 19.8 Å². The molecule has 0 aliphatic rings.